The van der Waals surface area contributed by atoms with Crippen molar-refractivity contribution in [3.63, 3.8) is 0 Å². The summed E-state index contributed by atoms with van der Waals surface area (Å²) in [6.07, 6.45) is 1.84. The van der Waals surface area contributed by atoms with Crippen LogP contribution in [-0.4, -0.2) is 25.8 Å². The van der Waals surface area contributed by atoms with Crippen LogP contribution in [0.2, 0.25) is 0 Å². The highest BCUT2D eigenvalue weighted by Gasteiger charge is 2.08. The number of rotatable bonds is 4. The van der Waals surface area contributed by atoms with Gasteiger partial charge in [0, 0.05) is 18.7 Å². The van der Waals surface area contributed by atoms with Crippen LogP contribution in [0.25, 0.3) is 5.82 Å². The van der Waals surface area contributed by atoms with Crippen molar-refractivity contribution in [2.45, 2.75) is 19.8 Å². The van der Waals surface area contributed by atoms with E-state index in [9.17, 15) is 9.59 Å². The molecule has 1 N–H and O–H groups in total. The molecule has 0 bridgehead atoms. The van der Waals surface area contributed by atoms with Crippen molar-refractivity contribution < 1.29 is 9.90 Å². The lowest BCUT2D eigenvalue weighted by Gasteiger charge is -2.07. The van der Waals surface area contributed by atoms with Gasteiger partial charge in [-0.15, -0.1) is 0 Å². The van der Waals surface area contributed by atoms with E-state index in [1.54, 1.807) is 18.3 Å². The highest BCUT2D eigenvalue weighted by molar-refractivity contribution is 5.66. The summed E-state index contributed by atoms with van der Waals surface area (Å²) < 4.78 is 1.20. The number of aryl methyl sites for hydroxylation is 2. The normalized spacial score (nSPS) is 10.4. The first-order valence-corrected chi connectivity index (χ1v) is 5.81. The number of carbonyl (C=O) groups is 1. The van der Waals surface area contributed by atoms with Crippen LogP contribution in [0.3, 0.4) is 0 Å². The summed E-state index contributed by atoms with van der Waals surface area (Å²) in [5, 5.41) is 12.8. The van der Waals surface area contributed by atoms with E-state index >= 15 is 0 Å². The summed E-state index contributed by atoms with van der Waals surface area (Å²) >= 11 is 0. The maximum absolute atomic E-state index is 11.8. The average molecular weight is 259 g/mol. The Morgan fingerprint density at radius 3 is 2.84 bits per heavy atom. The number of carboxylic acid groups (broad SMARTS) is 1. The number of aliphatic carboxylic acids is 1. The van der Waals surface area contributed by atoms with Crippen LogP contribution in [0.5, 0.6) is 0 Å². The summed E-state index contributed by atoms with van der Waals surface area (Å²) in [6.45, 7) is 1.83. The molecule has 2 rings (SSSR count). The van der Waals surface area contributed by atoms with Gasteiger partial charge in [0.1, 0.15) is 0 Å². The fourth-order valence-corrected chi connectivity index (χ4v) is 1.67. The molecular formula is C13H13N3O3. The second kappa shape index (κ2) is 5.43. The van der Waals surface area contributed by atoms with E-state index in [1.165, 1.54) is 10.7 Å². The predicted molar refractivity (Wildman–Crippen MR) is 68.3 cm³/mol. The van der Waals surface area contributed by atoms with Gasteiger partial charge in [-0.1, -0.05) is 6.07 Å². The molecule has 2 heterocycles. The molecule has 0 amide bonds. The van der Waals surface area contributed by atoms with Crippen LogP contribution < -0.4 is 5.56 Å². The van der Waals surface area contributed by atoms with E-state index < -0.39 is 5.97 Å². The summed E-state index contributed by atoms with van der Waals surface area (Å²) in [5.41, 5.74) is 1.08. The Bertz CT molecular complexity index is 664. The molecule has 0 spiro atoms. The fourth-order valence-electron chi connectivity index (χ4n) is 1.67. The molecule has 0 aliphatic heterocycles. The molecule has 0 atom stereocenters. The van der Waals surface area contributed by atoms with Gasteiger partial charge in [0.05, 0.1) is 12.1 Å². The van der Waals surface area contributed by atoms with Crippen molar-refractivity contribution >= 4 is 5.97 Å². The minimum absolute atomic E-state index is 0.0214. The number of hydrogen-bond acceptors (Lipinski definition) is 4. The Labute approximate surface area is 109 Å². The molecule has 2 aromatic heterocycles. The smallest absolute Gasteiger partial charge is 0.303 e. The number of pyridine rings is 1. The van der Waals surface area contributed by atoms with E-state index in [2.05, 4.69) is 10.1 Å². The van der Waals surface area contributed by atoms with Gasteiger partial charge < -0.3 is 5.11 Å². The van der Waals surface area contributed by atoms with E-state index in [1.807, 2.05) is 13.0 Å². The molecule has 0 fully saturated rings. The molecule has 0 radical (unpaired) electrons. The van der Waals surface area contributed by atoms with Crippen LogP contribution in [-0.2, 0) is 11.2 Å². The van der Waals surface area contributed by atoms with E-state index in [-0.39, 0.29) is 18.4 Å². The minimum Gasteiger partial charge on any atom is -0.481 e. The van der Waals surface area contributed by atoms with Crippen molar-refractivity contribution in [1.29, 1.82) is 0 Å². The molecule has 0 saturated carbocycles. The molecule has 0 aliphatic rings. The molecule has 98 valence electrons. The van der Waals surface area contributed by atoms with E-state index in [0.29, 0.717) is 11.5 Å². The molecule has 0 unspecified atom stereocenters. The van der Waals surface area contributed by atoms with Gasteiger partial charge in [0.2, 0.25) is 0 Å². The Balaban J connectivity index is 2.40. The van der Waals surface area contributed by atoms with Crippen molar-refractivity contribution in [3.8, 4) is 5.82 Å². The molecule has 2 aromatic rings. The Kier molecular flexibility index (Phi) is 3.70. The summed E-state index contributed by atoms with van der Waals surface area (Å²) in [6, 6.07) is 6.52. The van der Waals surface area contributed by atoms with Crippen LogP contribution in [0, 0.1) is 6.92 Å². The van der Waals surface area contributed by atoms with Gasteiger partial charge in [-0.05, 0) is 24.6 Å². The molecule has 0 saturated heterocycles. The van der Waals surface area contributed by atoms with Gasteiger partial charge in [-0.25, -0.2) is 4.98 Å². The predicted octanol–water partition coefficient (Wildman–Crippen LogP) is 0.953. The first-order chi connectivity index (χ1) is 9.08. The van der Waals surface area contributed by atoms with Crippen LogP contribution in [0.1, 0.15) is 17.7 Å². The zero-order chi connectivity index (χ0) is 13.8. The molecule has 0 aromatic carbocycles. The number of nitrogens with zero attached hydrogens (tertiary/aromatic N) is 3. The van der Waals surface area contributed by atoms with Gasteiger partial charge in [-0.2, -0.15) is 9.78 Å². The Morgan fingerprint density at radius 1 is 1.37 bits per heavy atom. The maximum atomic E-state index is 11.8. The lowest BCUT2D eigenvalue weighted by Crippen LogP contribution is -2.23. The standard InChI is InChI=1S/C13H13N3O3/c1-9-3-2-8-14-13(9)16-11(17)6-4-10(15-16)5-7-12(18)19/h2-4,6,8H,5,7H2,1H3,(H,18,19). The first-order valence-electron chi connectivity index (χ1n) is 5.81. The second-order valence-corrected chi connectivity index (χ2v) is 4.11. The van der Waals surface area contributed by atoms with Gasteiger partial charge in [0.25, 0.3) is 5.56 Å². The molecule has 19 heavy (non-hydrogen) atoms. The van der Waals surface area contributed by atoms with Gasteiger partial charge in [-0.3, -0.25) is 9.59 Å². The molecule has 0 aliphatic carbocycles. The lowest BCUT2D eigenvalue weighted by atomic mass is 10.2. The number of hydrogen-bond donors (Lipinski definition) is 1. The van der Waals surface area contributed by atoms with E-state index in [4.69, 9.17) is 5.11 Å². The zero-order valence-corrected chi connectivity index (χ0v) is 10.4. The van der Waals surface area contributed by atoms with Gasteiger partial charge >= 0.3 is 5.97 Å². The highest BCUT2D eigenvalue weighted by Crippen LogP contribution is 2.07. The first kappa shape index (κ1) is 12.9. The quantitative estimate of drug-likeness (QED) is 0.883. The number of carboxylic acids is 1. The largest absolute Gasteiger partial charge is 0.481 e. The van der Waals surface area contributed by atoms with Gasteiger partial charge in [0.15, 0.2) is 5.82 Å². The molecule has 6 nitrogen and oxygen atoms in total. The van der Waals surface area contributed by atoms with E-state index in [0.717, 1.165) is 5.56 Å². The fraction of sp³-hybridized carbons (Fsp3) is 0.231. The third-order valence-electron chi connectivity index (χ3n) is 2.63. The SMILES string of the molecule is Cc1cccnc1-n1nc(CCC(=O)O)ccc1=O. The minimum atomic E-state index is -0.895. The summed E-state index contributed by atoms with van der Waals surface area (Å²) in [4.78, 5) is 26.5. The average Bonchev–Trinajstić information content (AvgIpc) is 2.38. The highest BCUT2D eigenvalue weighted by atomic mass is 16.4. The van der Waals surface area contributed by atoms with Crippen molar-refractivity contribution in [2.24, 2.45) is 0 Å². The number of aromatic nitrogens is 3. The third kappa shape index (κ3) is 3.04. The van der Waals surface area contributed by atoms with Crippen molar-refractivity contribution in [3.05, 3.63) is 52.1 Å². The molecule has 6 heteroatoms. The topological polar surface area (TPSA) is 85.1 Å². The Hall–Kier alpha value is -2.50. The van der Waals surface area contributed by atoms with Crippen molar-refractivity contribution in [1.82, 2.24) is 14.8 Å². The summed E-state index contributed by atoms with van der Waals surface area (Å²) in [5.74, 6) is -0.432. The Morgan fingerprint density at radius 2 is 2.16 bits per heavy atom. The maximum Gasteiger partial charge on any atom is 0.303 e. The third-order valence-corrected chi connectivity index (χ3v) is 2.63. The lowest BCUT2D eigenvalue weighted by molar-refractivity contribution is -0.136. The van der Waals surface area contributed by atoms with Crippen LogP contribution >= 0.6 is 0 Å². The zero-order valence-electron chi connectivity index (χ0n) is 10.4. The van der Waals surface area contributed by atoms with Crippen LogP contribution in [0.4, 0.5) is 0 Å². The summed E-state index contributed by atoms with van der Waals surface area (Å²) in [7, 11) is 0. The molecular weight excluding hydrogens is 246 g/mol. The van der Waals surface area contributed by atoms with Crippen molar-refractivity contribution in [2.75, 3.05) is 0 Å². The second-order valence-electron chi connectivity index (χ2n) is 4.11. The monoisotopic (exact) mass is 259 g/mol. The van der Waals surface area contributed by atoms with Crippen LogP contribution in [0.15, 0.2) is 35.3 Å².